The van der Waals surface area contributed by atoms with E-state index in [1.165, 1.54) is 0 Å². The number of hydrogen-bond acceptors (Lipinski definition) is 5. The molecule has 1 amide bonds. The van der Waals surface area contributed by atoms with Crippen LogP contribution in [-0.2, 0) is 17.8 Å². The number of amides is 1. The van der Waals surface area contributed by atoms with Crippen molar-refractivity contribution < 1.29 is 14.6 Å². The topological polar surface area (TPSA) is 91.3 Å². The van der Waals surface area contributed by atoms with E-state index in [0.717, 1.165) is 22.8 Å². The lowest BCUT2D eigenvalue weighted by atomic mass is 10.0. The highest BCUT2D eigenvalue weighted by molar-refractivity contribution is 5.80. The van der Waals surface area contributed by atoms with Gasteiger partial charge in [-0.2, -0.15) is 0 Å². The van der Waals surface area contributed by atoms with Gasteiger partial charge in [-0.15, -0.1) is 0 Å². The Bertz CT molecular complexity index is 739. The Hall–Kier alpha value is -2.41. The van der Waals surface area contributed by atoms with Gasteiger partial charge in [0.25, 0.3) is 5.91 Å². The number of rotatable bonds is 5. The quantitative estimate of drug-likeness (QED) is 0.862. The summed E-state index contributed by atoms with van der Waals surface area (Å²) in [6, 6.07) is 3.68. The van der Waals surface area contributed by atoms with Crippen molar-refractivity contribution in [1.29, 1.82) is 0 Å². The molecule has 7 heteroatoms. The first-order chi connectivity index (χ1) is 12.0. The molecule has 0 unspecified atom stereocenters. The van der Waals surface area contributed by atoms with E-state index in [2.05, 4.69) is 15.0 Å². The normalized spacial score (nSPS) is 15.2. The lowest BCUT2D eigenvalue weighted by molar-refractivity contribution is -0.142. The Morgan fingerprint density at radius 2 is 2.24 bits per heavy atom. The second kappa shape index (κ2) is 7.23. The molecule has 3 heterocycles. The number of imidazole rings is 1. The SMILES string of the molecule is COc1ccc(-c2nc3c([nH]2)CN(C(=O)[C@@H](O)CC(C)C)CC3)cn1. The van der Waals surface area contributed by atoms with E-state index in [1.54, 1.807) is 24.3 Å². The second-order valence-corrected chi connectivity index (χ2v) is 6.76. The summed E-state index contributed by atoms with van der Waals surface area (Å²) in [7, 11) is 1.58. The van der Waals surface area contributed by atoms with E-state index in [1.807, 2.05) is 19.9 Å². The highest BCUT2D eigenvalue weighted by Crippen LogP contribution is 2.24. The van der Waals surface area contributed by atoms with E-state index in [4.69, 9.17) is 4.74 Å². The van der Waals surface area contributed by atoms with Crippen molar-refractivity contribution in [1.82, 2.24) is 19.9 Å². The number of fused-ring (bicyclic) bond motifs is 1. The Morgan fingerprint density at radius 1 is 1.44 bits per heavy atom. The van der Waals surface area contributed by atoms with Crippen molar-refractivity contribution >= 4 is 5.91 Å². The van der Waals surface area contributed by atoms with E-state index in [9.17, 15) is 9.90 Å². The number of H-pyrrole nitrogens is 1. The summed E-state index contributed by atoms with van der Waals surface area (Å²) in [6.45, 7) is 5.01. The summed E-state index contributed by atoms with van der Waals surface area (Å²) in [6.07, 6.45) is 1.93. The molecular weight excluding hydrogens is 320 g/mol. The molecule has 0 spiro atoms. The zero-order valence-corrected chi connectivity index (χ0v) is 14.8. The Balaban J connectivity index is 1.73. The molecule has 0 radical (unpaired) electrons. The smallest absolute Gasteiger partial charge is 0.251 e. The number of carbonyl (C=O) groups is 1. The Morgan fingerprint density at radius 3 is 2.88 bits per heavy atom. The molecule has 1 aliphatic rings. The molecule has 0 saturated carbocycles. The molecule has 0 saturated heterocycles. The second-order valence-electron chi connectivity index (χ2n) is 6.76. The maximum atomic E-state index is 12.4. The molecule has 2 aromatic rings. The molecule has 2 aromatic heterocycles. The van der Waals surface area contributed by atoms with Gasteiger partial charge in [0.15, 0.2) is 0 Å². The zero-order chi connectivity index (χ0) is 18.0. The molecule has 1 atom stereocenters. The van der Waals surface area contributed by atoms with Crippen LogP contribution in [0.4, 0.5) is 0 Å². The first-order valence-electron chi connectivity index (χ1n) is 8.53. The van der Waals surface area contributed by atoms with Gasteiger partial charge in [0, 0.05) is 30.8 Å². The highest BCUT2D eigenvalue weighted by atomic mass is 16.5. The van der Waals surface area contributed by atoms with E-state index in [0.29, 0.717) is 31.8 Å². The number of pyridine rings is 1. The number of aromatic nitrogens is 3. The van der Waals surface area contributed by atoms with E-state index >= 15 is 0 Å². The molecule has 0 aliphatic carbocycles. The van der Waals surface area contributed by atoms with Gasteiger partial charge in [0.2, 0.25) is 5.88 Å². The summed E-state index contributed by atoms with van der Waals surface area (Å²) in [4.78, 5) is 26.2. The molecular formula is C18H24N4O3. The van der Waals surface area contributed by atoms with Gasteiger partial charge in [-0.1, -0.05) is 13.8 Å². The van der Waals surface area contributed by atoms with Crippen molar-refractivity contribution in [3.05, 3.63) is 29.7 Å². The number of ether oxygens (including phenoxy) is 1. The van der Waals surface area contributed by atoms with Crippen LogP contribution >= 0.6 is 0 Å². The minimum atomic E-state index is -0.935. The number of methoxy groups -OCH3 is 1. The fourth-order valence-corrected chi connectivity index (χ4v) is 3.02. The zero-order valence-electron chi connectivity index (χ0n) is 14.8. The van der Waals surface area contributed by atoms with Crippen LogP contribution in [0.1, 0.15) is 31.7 Å². The summed E-state index contributed by atoms with van der Waals surface area (Å²) in [5.74, 6) is 1.36. The summed E-state index contributed by atoms with van der Waals surface area (Å²) in [5, 5.41) is 10.1. The van der Waals surface area contributed by atoms with E-state index < -0.39 is 6.10 Å². The van der Waals surface area contributed by atoms with E-state index in [-0.39, 0.29) is 11.8 Å². The molecule has 0 bridgehead atoms. The van der Waals surface area contributed by atoms with Crippen molar-refractivity contribution in [2.24, 2.45) is 5.92 Å². The minimum Gasteiger partial charge on any atom is -0.481 e. The van der Waals surface area contributed by atoms with Crippen molar-refractivity contribution in [2.75, 3.05) is 13.7 Å². The van der Waals surface area contributed by atoms with Crippen LogP contribution in [0.2, 0.25) is 0 Å². The predicted molar refractivity (Wildman–Crippen MR) is 93.0 cm³/mol. The number of carbonyl (C=O) groups excluding carboxylic acids is 1. The molecule has 25 heavy (non-hydrogen) atoms. The average Bonchev–Trinajstić information content (AvgIpc) is 3.03. The van der Waals surface area contributed by atoms with Crippen LogP contribution < -0.4 is 4.74 Å². The average molecular weight is 344 g/mol. The van der Waals surface area contributed by atoms with Gasteiger partial charge >= 0.3 is 0 Å². The van der Waals surface area contributed by atoms with Crippen molar-refractivity contribution in [3.8, 4) is 17.3 Å². The van der Waals surface area contributed by atoms with Gasteiger partial charge < -0.3 is 19.7 Å². The number of nitrogens with one attached hydrogen (secondary N) is 1. The van der Waals surface area contributed by atoms with Crippen molar-refractivity contribution in [3.63, 3.8) is 0 Å². The minimum absolute atomic E-state index is 0.207. The van der Waals surface area contributed by atoms with Crippen LogP contribution in [-0.4, -0.2) is 50.6 Å². The molecule has 7 nitrogen and oxygen atoms in total. The molecule has 134 valence electrons. The van der Waals surface area contributed by atoms with Gasteiger partial charge in [0.05, 0.1) is 25.0 Å². The standard InChI is InChI=1S/C18H24N4O3/c1-11(2)8-15(23)18(24)22-7-6-13-14(10-22)21-17(20-13)12-4-5-16(25-3)19-9-12/h4-5,9,11,15,23H,6-8,10H2,1-3H3,(H,20,21)/t15-/m0/s1. The predicted octanol–water partition coefficient (Wildman–Crippen LogP) is 1.77. The number of nitrogens with zero attached hydrogens (tertiary/aromatic N) is 3. The largest absolute Gasteiger partial charge is 0.481 e. The number of hydrogen-bond donors (Lipinski definition) is 2. The van der Waals surface area contributed by atoms with Crippen LogP contribution in [0, 0.1) is 5.92 Å². The van der Waals surface area contributed by atoms with Gasteiger partial charge in [-0.05, 0) is 18.4 Å². The molecule has 2 N–H and O–H groups in total. The van der Waals surface area contributed by atoms with Gasteiger partial charge in [-0.25, -0.2) is 9.97 Å². The highest BCUT2D eigenvalue weighted by Gasteiger charge is 2.28. The third kappa shape index (κ3) is 3.82. The maximum Gasteiger partial charge on any atom is 0.251 e. The first kappa shape index (κ1) is 17.4. The maximum absolute atomic E-state index is 12.4. The van der Waals surface area contributed by atoms with Gasteiger partial charge in [0.1, 0.15) is 11.9 Å². The molecule has 3 rings (SSSR count). The third-order valence-corrected chi connectivity index (χ3v) is 4.34. The van der Waals surface area contributed by atoms with Gasteiger partial charge in [-0.3, -0.25) is 4.79 Å². The summed E-state index contributed by atoms with van der Waals surface area (Å²) in [5.41, 5.74) is 2.75. The number of aliphatic hydroxyl groups excluding tert-OH is 1. The van der Waals surface area contributed by atoms with Crippen LogP contribution in [0.5, 0.6) is 5.88 Å². The third-order valence-electron chi connectivity index (χ3n) is 4.34. The lowest BCUT2D eigenvalue weighted by Gasteiger charge is -2.28. The van der Waals surface area contributed by atoms with Crippen molar-refractivity contribution in [2.45, 2.75) is 39.3 Å². The van der Waals surface area contributed by atoms with Crippen LogP contribution in [0.25, 0.3) is 11.4 Å². The first-order valence-corrected chi connectivity index (χ1v) is 8.53. The lowest BCUT2D eigenvalue weighted by Crippen LogP contribution is -2.42. The van der Waals surface area contributed by atoms with Crippen LogP contribution in [0.3, 0.4) is 0 Å². The number of aliphatic hydroxyl groups is 1. The number of aromatic amines is 1. The Labute approximate surface area is 147 Å². The summed E-state index contributed by atoms with van der Waals surface area (Å²) >= 11 is 0. The monoisotopic (exact) mass is 344 g/mol. The Kier molecular flexibility index (Phi) is 5.03. The molecule has 0 fully saturated rings. The fraction of sp³-hybridized carbons (Fsp3) is 0.500. The molecule has 0 aromatic carbocycles. The van der Waals surface area contributed by atoms with Crippen LogP contribution in [0.15, 0.2) is 18.3 Å². The summed E-state index contributed by atoms with van der Waals surface area (Å²) < 4.78 is 5.07. The molecule has 1 aliphatic heterocycles. The fourth-order valence-electron chi connectivity index (χ4n) is 3.02.